The van der Waals surface area contributed by atoms with E-state index in [0.29, 0.717) is 5.56 Å². The van der Waals surface area contributed by atoms with E-state index in [1.165, 1.54) is 0 Å². The van der Waals surface area contributed by atoms with Gasteiger partial charge < -0.3 is 4.74 Å². The monoisotopic (exact) mass is 209 g/mol. The summed E-state index contributed by atoms with van der Waals surface area (Å²) in [6, 6.07) is 0. The zero-order valence-corrected chi connectivity index (χ0v) is 8.61. The Labute approximate surface area is 88.4 Å². The van der Waals surface area contributed by atoms with Crippen LogP contribution in [-0.2, 0) is 11.2 Å². The minimum absolute atomic E-state index is 0.670. The van der Waals surface area contributed by atoms with Gasteiger partial charge in [-0.25, -0.2) is 0 Å². The van der Waals surface area contributed by atoms with Crippen molar-refractivity contribution in [3.63, 3.8) is 0 Å². The fourth-order valence-corrected chi connectivity index (χ4v) is 1.72. The minimum atomic E-state index is 0.670. The number of aldehydes is 1. The molecule has 0 unspecified atom stereocenters. The lowest BCUT2D eigenvalue weighted by Gasteiger charge is -2.26. The molecule has 1 aliphatic rings. The highest BCUT2D eigenvalue weighted by Gasteiger charge is 2.11. The molecule has 0 atom stereocenters. The molecule has 0 bridgehead atoms. The average Bonchev–Trinajstić information content (AvgIpc) is 2.75. The first kappa shape index (κ1) is 10.3. The second-order valence-corrected chi connectivity index (χ2v) is 3.63. The van der Waals surface area contributed by atoms with E-state index in [1.54, 1.807) is 6.20 Å². The molecule has 2 rings (SSSR count). The van der Waals surface area contributed by atoms with Crippen LogP contribution in [0, 0.1) is 0 Å². The Bertz CT molecular complexity index is 318. The van der Waals surface area contributed by atoms with Crippen LogP contribution in [0.2, 0.25) is 0 Å². The normalized spacial score (nSPS) is 17.9. The van der Waals surface area contributed by atoms with Crippen molar-refractivity contribution in [2.75, 3.05) is 32.8 Å². The third kappa shape index (κ3) is 2.64. The Morgan fingerprint density at radius 2 is 2.33 bits per heavy atom. The van der Waals surface area contributed by atoms with Crippen molar-refractivity contribution in [3.8, 4) is 0 Å². The van der Waals surface area contributed by atoms with Crippen LogP contribution < -0.4 is 0 Å². The second-order valence-electron chi connectivity index (χ2n) is 3.63. The van der Waals surface area contributed by atoms with E-state index in [4.69, 9.17) is 4.74 Å². The van der Waals surface area contributed by atoms with Crippen LogP contribution in [0.4, 0.5) is 0 Å². The predicted octanol–water partition coefficient (Wildman–Crippen LogP) is 0.0969. The number of aromatic amines is 1. The third-order valence-corrected chi connectivity index (χ3v) is 2.66. The Kier molecular flexibility index (Phi) is 3.47. The van der Waals surface area contributed by atoms with Crippen LogP contribution in [0.15, 0.2) is 6.20 Å². The zero-order chi connectivity index (χ0) is 10.5. The molecule has 15 heavy (non-hydrogen) atoms. The van der Waals surface area contributed by atoms with Crippen LogP contribution >= 0.6 is 0 Å². The van der Waals surface area contributed by atoms with E-state index in [0.717, 1.165) is 51.2 Å². The SMILES string of the molecule is O=Cc1cn[nH]c1CCN1CCOCC1. The van der Waals surface area contributed by atoms with Crippen LogP contribution in [-0.4, -0.2) is 54.2 Å². The second kappa shape index (κ2) is 5.04. The first-order valence-electron chi connectivity index (χ1n) is 5.17. The molecule has 0 radical (unpaired) electrons. The first-order chi connectivity index (χ1) is 7.40. The Morgan fingerprint density at radius 1 is 1.53 bits per heavy atom. The number of carbonyl (C=O) groups is 1. The average molecular weight is 209 g/mol. The number of nitrogens with zero attached hydrogens (tertiary/aromatic N) is 2. The number of rotatable bonds is 4. The highest BCUT2D eigenvalue weighted by molar-refractivity contribution is 5.75. The lowest BCUT2D eigenvalue weighted by atomic mass is 10.2. The van der Waals surface area contributed by atoms with E-state index >= 15 is 0 Å². The summed E-state index contributed by atoms with van der Waals surface area (Å²) < 4.78 is 5.26. The summed E-state index contributed by atoms with van der Waals surface area (Å²) in [5.41, 5.74) is 1.60. The van der Waals surface area contributed by atoms with Crippen LogP contribution in [0.25, 0.3) is 0 Å². The summed E-state index contributed by atoms with van der Waals surface area (Å²) >= 11 is 0. The number of aromatic nitrogens is 2. The minimum Gasteiger partial charge on any atom is -0.379 e. The molecular formula is C10H15N3O2. The summed E-state index contributed by atoms with van der Waals surface area (Å²) in [5, 5.41) is 6.71. The van der Waals surface area contributed by atoms with Gasteiger partial charge in [0.2, 0.25) is 0 Å². The first-order valence-corrected chi connectivity index (χ1v) is 5.17. The summed E-state index contributed by atoms with van der Waals surface area (Å²) in [5.74, 6) is 0. The topological polar surface area (TPSA) is 58.2 Å². The van der Waals surface area contributed by atoms with Gasteiger partial charge in [0, 0.05) is 31.7 Å². The Hall–Kier alpha value is -1.20. The lowest BCUT2D eigenvalue weighted by Crippen LogP contribution is -2.37. The maximum absolute atomic E-state index is 10.6. The summed E-state index contributed by atoms with van der Waals surface area (Å²) in [6.45, 7) is 4.52. The van der Waals surface area contributed by atoms with Gasteiger partial charge in [0.25, 0.3) is 0 Å². The quantitative estimate of drug-likeness (QED) is 0.714. The van der Waals surface area contributed by atoms with Gasteiger partial charge in [-0.15, -0.1) is 0 Å². The Balaban J connectivity index is 1.84. The van der Waals surface area contributed by atoms with Crippen LogP contribution in [0.1, 0.15) is 16.1 Å². The van der Waals surface area contributed by atoms with Crippen molar-refractivity contribution in [3.05, 3.63) is 17.5 Å². The maximum atomic E-state index is 10.6. The van der Waals surface area contributed by atoms with Crippen LogP contribution in [0.5, 0.6) is 0 Å². The molecule has 1 aliphatic heterocycles. The highest BCUT2D eigenvalue weighted by atomic mass is 16.5. The largest absolute Gasteiger partial charge is 0.379 e. The number of H-pyrrole nitrogens is 1. The standard InChI is InChI=1S/C10H15N3O2/c14-8-9-7-11-12-10(9)1-2-13-3-5-15-6-4-13/h7-8H,1-6H2,(H,11,12). The number of carbonyl (C=O) groups excluding carboxylic acids is 1. The van der Waals surface area contributed by atoms with Crippen molar-refractivity contribution in [2.45, 2.75) is 6.42 Å². The van der Waals surface area contributed by atoms with E-state index in [2.05, 4.69) is 15.1 Å². The van der Waals surface area contributed by atoms with Crippen molar-refractivity contribution in [1.82, 2.24) is 15.1 Å². The number of morpholine rings is 1. The molecule has 1 N–H and O–H groups in total. The molecule has 0 amide bonds. The van der Waals surface area contributed by atoms with Gasteiger partial charge in [0.1, 0.15) is 0 Å². The van der Waals surface area contributed by atoms with Gasteiger partial charge in [-0.1, -0.05) is 0 Å². The van der Waals surface area contributed by atoms with Gasteiger partial charge in [0.15, 0.2) is 6.29 Å². The number of ether oxygens (including phenoxy) is 1. The van der Waals surface area contributed by atoms with E-state index in [-0.39, 0.29) is 0 Å². The van der Waals surface area contributed by atoms with E-state index in [1.807, 2.05) is 0 Å². The summed E-state index contributed by atoms with van der Waals surface area (Å²) in [7, 11) is 0. The summed E-state index contributed by atoms with van der Waals surface area (Å²) in [4.78, 5) is 13.0. The molecule has 0 aromatic carbocycles. The van der Waals surface area contributed by atoms with Crippen molar-refractivity contribution in [1.29, 1.82) is 0 Å². The molecule has 5 heteroatoms. The molecular weight excluding hydrogens is 194 g/mol. The fourth-order valence-electron chi connectivity index (χ4n) is 1.72. The van der Waals surface area contributed by atoms with Crippen LogP contribution in [0.3, 0.4) is 0 Å². The third-order valence-electron chi connectivity index (χ3n) is 2.66. The molecule has 82 valence electrons. The van der Waals surface area contributed by atoms with Gasteiger partial charge in [-0.05, 0) is 0 Å². The smallest absolute Gasteiger partial charge is 0.153 e. The molecule has 5 nitrogen and oxygen atoms in total. The molecule has 1 aromatic rings. The molecule has 1 fully saturated rings. The maximum Gasteiger partial charge on any atom is 0.153 e. The molecule has 2 heterocycles. The number of hydrogen-bond acceptors (Lipinski definition) is 4. The Morgan fingerprint density at radius 3 is 3.07 bits per heavy atom. The number of nitrogens with one attached hydrogen (secondary N) is 1. The molecule has 0 saturated carbocycles. The predicted molar refractivity (Wildman–Crippen MR) is 54.9 cm³/mol. The van der Waals surface area contributed by atoms with Gasteiger partial charge in [-0.3, -0.25) is 14.8 Å². The molecule has 0 aliphatic carbocycles. The van der Waals surface area contributed by atoms with Gasteiger partial charge >= 0.3 is 0 Å². The summed E-state index contributed by atoms with van der Waals surface area (Å²) in [6.07, 6.45) is 3.26. The van der Waals surface area contributed by atoms with Crippen molar-refractivity contribution >= 4 is 6.29 Å². The lowest BCUT2D eigenvalue weighted by molar-refractivity contribution is 0.0383. The van der Waals surface area contributed by atoms with Crippen molar-refractivity contribution in [2.24, 2.45) is 0 Å². The zero-order valence-electron chi connectivity index (χ0n) is 8.61. The number of hydrogen-bond donors (Lipinski definition) is 1. The van der Waals surface area contributed by atoms with Gasteiger partial charge in [0.05, 0.1) is 25.0 Å². The fraction of sp³-hybridized carbons (Fsp3) is 0.600. The van der Waals surface area contributed by atoms with Gasteiger partial charge in [-0.2, -0.15) is 5.10 Å². The molecule has 1 aromatic heterocycles. The molecule has 0 spiro atoms. The highest BCUT2D eigenvalue weighted by Crippen LogP contribution is 2.04. The van der Waals surface area contributed by atoms with E-state index < -0.39 is 0 Å². The van der Waals surface area contributed by atoms with E-state index in [9.17, 15) is 4.79 Å². The van der Waals surface area contributed by atoms with Crippen molar-refractivity contribution < 1.29 is 9.53 Å². The molecule has 1 saturated heterocycles.